The summed E-state index contributed by atoms with van der Waals surface area (Å²) in [7, 11) is -3.31. The lowest BCUT2D eigenvalue weighted by Crippen LogP contribution is -2.49. The van der Waals surface area contributed by atoms with Crippen molar-refractivity contribution in [1.82, 2.24) is 20.1 Å². The van der Waals surface area contributed by atoms with Gasteiger partial charge in [0, 0.05) is 32.4 Å². The summed E-state index contributed by atoms with van der Waals surface area (Å²) in [4.78, 5) is 21.1. The predicted octanol–water partition coefficient (Wildman–Crippen LogP) is 2.69. The van der Waals surface area contributed by atoms with Crippen LogP contribution in [0.2, 0.25) is 0 Å². The number of anilines is 3. The van der Waals surface area contributed by atoms with E-state index in [4.69, 9.17) is 0 Å². The summed E-state index contributed by atoms with van der Waals surface area (Å²) >= 11 is 0. The number of sulfone groups is 1. The van der Waals surface area contributed by atoms with Gasteiger partial charge < -0.3 is 15.1 Å². The molecule has 1 saturated heterocycles. The van der Waals surface area contributed by atoms with Crippen molar-refractivity contribution in [3.8, 4) is 0 Å². The summed E-state index contributed by atoms with van der Waals surface area (Å²) in [5.41, 5.74) is 1.64. The van der Waals surface area contributed by atoms with E-state index in [1.165, 1.54) is 0 Å². The number of amides is 1. The van der Waals surface area contributed by atoms with Gasteiger partial charge in [-0.2, -0.15) is 0 Å². The zero-order chi connectivity index (χ0) is 24.1. The fourth-order valence-electron chi connectivity index (χ4n) is 3.69. The Morgan fingerprint density at radius 1 is 1.00 bits per heavy atom. The molecule has 0 spiro atoms. The van der Waals surface area contributed by atoms with E-state index >= 15 is 0 Å². The molecule has 3 heterocycles. The summed E-state index contributed by atoms with van der Waals surface area (Å²) in [5, 5.41) is 11.2. The summed E-state index contributed by atoms with van der Waals surface area (Å²) < 4.78 is 24.5. The van der Waals surface area contributed by atoms with E-state index < -0.39 is 15.1 Å². The van der Waals surface area contributed by atoms with Crippen molar-refractivity contribution in [3.05, 3.63) is 66.5 Å². The first kappa shape index (κ1) is 23.6. The Morgan fingerprint density at radius 3 is 2.32 bits per heavy atom. The third-order valence-corrected chi connectivity index (χ3v) is 7.94. The van der Waals surface area contributed by atoms with Gasteiger partial charge in [-0.1, -0.05) is 12.1 Å². The molecule has 10 heteroatoms. The van der Waals surface area contributed by atoms with Gasteiger partial charge in [0.1, 0.15) is 0 Å². The van der Waals surface area contributed by atoms with Gasteiger partial charge in [-0.15, -0.1) is 10.2 Å². The highest BCUT2D eigenvalue weighted by Crippen LogP contribution is 2.19. The van der Waals surface area contributed by atoms with Gasteiger partial charge in [0.2, 0.25) is 5.91 Å². The number of pyridine rings is 1. The van der Waals surface area contributed by atoms with Crippen LogP contribution < -0.4 is 10.2 Å². The Morgan fingerprint density at radius 2 is 1.74 bits per heavy atom. The van der Waals surface area contributed by atoms with Crippen LogP contribution in [0.5, 0.6) is 0 Å². The topological polar surface area (TPSA) is 108 Å². The molecular weight excluding hydrogens is 452 g/mol. The highest BCUT2D eigenvalue weighted by Gasteiger charge is 2.23. The minimum atomic E-state index is -3.31. The first-order valence-electron chi connectivity index (χ1n) is 11.2. The maximum Gasteiger partial charge on any atom is 0.227 e. The minimum absolute atomic E-state index is 0.0289. The van der Waals surface area contributed by atoms with Gasteiger partial charge in [-0.3, -0.25) is 9.78 Å². The molecule has 0 aliphatic carbocycles. The molecule has 0 bridgehead atoms. The lowest BCUT2D eigenvalue weighted by atomic mass is 10.1. The maximum atomic E-state index is 12.8. The number of nitrogens with zero attached hydrogens (tertiary/aromatic N) is 5. The third kappa shape index (κ3) is 5.51. The van der Waals surface area contributed by atoms with Crippen molar-refractivity contribution in [2.45, 2.75) is 30.4 Å². The molecule has 3 aromatic rings. The number of nitrogens with one attached hydrogen (secondary N) is 1. The van der Waals surface area contributed by atoms with E-state index in [0.29, 0.717) is 32.0 Å². The molecule has 1 aliphatic heterocycles. The second kappa shape index (κ2) is 10.2. The van der Waals surface area contributed by atoms with Gasteiger partial charge in [-0.05, 0) is 55.8 Å². The Hall–Kier alpha value is -3.53. The molecule has 1 amide bonds. The van der Waals surface area contributed by atoms with Crippen molar-refractivity contribution < 1.29 is 13.2 Å². The summed E-state index contributed by atoms with van der Waals surface area (Å²) in [6, 6.07) is 14.1. The first-order valence-corrected chi connectivity index (χ1v) is 12.7. The fourth-order valence-corrected chi connectivity index (χ4v) is 4.75. The van der Waals surface area contributed by atoms with E-state index in [0.717, 1.165) is 17.1 Å². The highest BCUT2D eigenvalue weighted by atomic mass is 32.2. The van der Waals surface area contributed by atoms with Crippen molar-refractivity contribution in [2.24, 2.45) is 0 Å². The molecular formula is C24H28N6O3S. The lowest BCUT2D eigenvalue weighted by Gasteiger charge is -2.35. The predicted molar refractivity (Wildman–Crippen MR) is 131 cm³/mol. The fraction of sp³-hybridized carbons (Fsp3) is 0.333. The average Bonchev–Trinajstić information content (AvgIpc) is 2.85. The molecule has 0 saturated carbocycles. The van der Waals surface area contributed by atoms with Crippen molar-refractivity contribution in [2.75, 3.05) is 36.4 Å². The van der Waals surface area contributed by atoms with E-state index in [1.807, 2.05) is 29.2 Å². The van der Waals surface area contributed by atoms with E-state index in [9.17, 15) is 13.2 Å². The average molecular weight is 481 g/mol. The molecule has 2 aromatic heterocycles. The SMILES string of the molecule is CC(C)S(=O)(=O)c1ccc(CC(=O)N2CCN(c3ccc(Nc4cccnc4)nn3)CC2)cc1. The smallest absolute Gasteiger partial charge is 0.227 e. The number of hydrogen-bond donors (Lipinski definition) is 1. The Bertz CT molecular complexity index is 1210. The van der Waals surface area contributed by atoms with Gasteiger partial charge in [-0.25, -0.2) is 8.42 Å². The summed E-state index contributed by atoms with van der Waals surface area (Å²) in [6.45, 7) is 5.84. The van der Waals surface area contributed by atoms with E-state index in [2.05, 4.69) is 25.4 Å². The number of piperazine rings is 1. The van der Waals surface area contributed by atoms with Crippen LogP contribution in [0.15, 0.2) is 65.8 Å². The molecule has 34 heavy (non-hydrogen) atoms. The largest absolute Gasteiger partial charge is 0.352 e. The zero-order valence-electron chi connectivity index (χ0n) is 19.3. The van der Waals surface area contributed by atoms with Crippen LogP contribution >= 0.6 is 0 Å². The normalized spacial score (nSPS) is 14.3. The number of carbonyl (C=O) groups is 1. The molecule has 0 unspecified atom stereocenters. The van der Waals surface area contributed by atoms with Crippen LogP contribution in [-0.2, 0) is 21.1 Å². The molecule has 1 aliphatic rings. The Labute approximate surface area is 199 Å². The number of rotatable bonds is 7. The van der Waals surface area contributed by atoms with Gasteiger partial charge >= 0.3 is 0 Å². The number of carbonyl (C=O) groups excluding carboxylic acids is 1. The third-order valence-electron chi connectivity index (χ3n) is 5.77. The molecule has 1 N–H and O–H groups in total. The molecule has 1 fully saturated rings. The van der Waals surface area contributed by atoms with Crippen LogP contribution in [0.4, 0.5) is 17.3 Å². The second-order valence-corrected chi connectivity index (χ2v) is 10.9. The number of benzene rings is 1. The summed E-state index contributed by atoms with van der Waals surface area (Å²) in [6.07, 6.45) is 3.67. The Kier molecular flexibility index (Phi) is 7.06. The van der Waals surface area contributed by atoms with Gasteiger partial charge in [0.25, 0.3) is 0 Å². The molecule has 1 aromatic carbocycles. The second-order valence-electron chi connectivity index (χ2n) is 8.43. The van der Waals surface area contributed by atoms with Gasteiger partial charge in [0.05, 0.1) is 28.5 Å². The Balaban J connectivity index is 1.29. The number of hydrogen-bond acceptors (Lipinski definition) is 8. The monoisotopic (exact) mass is 480 g/mol. The highest BCUT2D eigenvalue weighted by molar-refractivity contribution is 7.92. The lowest BCUT2D eigenvalue weighted by molar-refractivity contribution is -0.130. The molecule has 0 atom stereocenters. The molecule has 9 nitrogen and oxygen atoms in total. The summed E-state index contributed by atoms with van der Waals surface area (Å²) in [5.74, 6) is 1.43. The van der Waals surface area contributed by atoms with E-state index in [1.54, 1.807) is 50.5 Å². The van der Waals surface area contributed by atoms with Crippen LogP contribution in [0.3, 0.4) is 0 Å². The van der Waals surface area contributed by atoms with Gasteiger partial charge in [0.15, 0.2) is 21.5 Å². The van der Waals surface area contributed by atoms with Crippen molar-refractivity contribution in [1.29, 1.82) is 0 Å². The molecule has 4 rings (SSSR count). The van der Waals surface area contributed by atoms with Crippen LogP contribution in [0.25, 0.3) is 0 Å². The molecule has 178 valence electrons. The van der Waals surface area contributed by atoms with Crippen molar-refractivity contribution in [3.63, 3.8) is 0 Å². The quantitative estimate of drug-likeness (QED) is 0.550. The number of aromatic nitrogens is 3. The standard InChI is InChI=1S/C24H28N6O3S/c1-18(2)34(32,33)21-7-5-19(6-8-21)16-24(31)30-14-12-29(13-15-30)23-10-9-22(27-28-23)26-20-4-3-11-25-17-20/h3-11,17-18H,12-16H2,1-2H3,(H,26,27). The zero-order valence-corrected chi connectivity index (χ0v) is 20.1. The van der Waals surface area contributed by atoms with Crippen LogP contribution in [-0.4, -0.2) is 65.8 Å². The van der Waals surface area contributed by atoms with Crippen molar-refractivity contribution >= 4 is 33.1 Å². The molecule has 0 radical (unpaired) electrons. The van der Waals surface area contributed by atoms with Crippen LogP contribution in [0.1, 0.15) is 19.4 Å². The van der Waals surface area contributed by atoms with E-state index in [-0.39, 0.29) is 17.2 Å². The minimum Gasteiger partial charge on any atom is -0.352 e. The van der Waals surface area contributed by atoms with Crippen LogP contribution in [0, 0.1) is 0 Å². The first-order chi connectivity index (χ1) is 16.3. The maximum absolute atomic E-state index is 12.8.